The molecule has 2 rings (SSSR count). The number of hydrogen-bond donors (Lipinski definition) is 7. The van der Waals surface area contributed by atoms with E-state index in [0.717, 1.165) is 0 Å². The van der Waals surface area contributed by atoms with Crippen LogP contribution < -0.4 is 21.7 Å². The zero-order valence-corrected chi connectivity index (χ0v) is 23.2. The summed E-state index contributed by atoms with van der Waals surface area (Å²) in [5, 5.41) is 27.2. The number of thioether (sulfide) groups is 1. The minimum atomic E-state index is -1.28. The average molecular weight is 563 g/mol. The number of aromatic hydroxyl groups is 1. The lowest BCUT2D eigenvalue weighted by Crippen LogP contribution is -2.58. The van der Waals surface area contributed by atoms with E-state index in [1.807, 2.05) is 20.1 Å². The number of amides is 3. The van der Waals surface area contributed by atoms with Crippen LogP contribution in [0.4, 0.5) is 0 Å². The number of carboxylic acids is 1. The van der Waals surface area contributed by atoms with Crippen molar-refractivity contribution in [3.63, 3.8) is 0 Å². The SMILES string of the molecule is CSCCC(N)C(=O)NC(CC(C)C)C(=O)NC(Cc1ccc(O)cc1)C(=O)NC(Cc1cnc[nH]1)C(=O)O. The Labute approximate surface area is 231 Å². The van der Waals surface area contributed by atoms with Crippen molar-refractivity contribution < 1.29 is 29.4 Å². The van der Waals surface area contributed by atoms with Crippen LogP contribution in [0.3, 0.4) is 0 Å². The lowest BCUT2D eigenvalue weighted by Gasteiger charge is -2.26. The van der Waals surface area contributed by atoms with Crippen molar-refractivity contribution >= 4 is 35.5 Å². The summed E-state index contributed by atoms with van der Waals surface area (Å²) in [6.45, 7) is 3.79. The quantitative estimate of drug-likeness (QED) is 0.153. The highest BCUT2D eigenvalue weighted by Gasteiger charge is 2.31. The normalized spacial score (nSPS) is 14.2. The first-order valence-electron chi connectivity index (χ1n) is 12.6. The Morgan fingerprint density at radius 2 is 1.59 bits per heavy atom. The molecule has 1 heterocycles. The number of carboxylic acid groups (broad SMARTS) is 1. The van der Waals surface area contributed by atoms with Gasteiger partial charge in [-0.2, -0.15) is 11.8 Å². The van der Waals surface area contributed by atoms with Crippen molar-refractivity contribution in [2.75, 3.05) is 12.0 Å². The maximum Gasteiger partial charge on any atom is 0.326 e. The third kappa shape index (κ3) is 11.0. The van der Waals surface area contributed by atoms with Gasteiger partial charge in [0.05, 0.1) is 12.4 Å². The molecule has 0 bridgehead atoms. The Kier molecular flexibility index (Phi) is 12.8. The van der Waals surface area contributed by atoms with E-state index in [-0.39, 0.29) is 24.5 Å². The van der Waals surface area contributed by atoms with Crippen LogP contribution in [0, 0.1) is 5.92 Å². The second-order valence-corrected chi connectivity index (χ2v) is 10.7. The highest BCUT2D eigenvalue weighted by atomic mass is 32.2. The predicted octanol–water partition coefficient (Wildman–Crippen LogP) is 0.566. The lowest BCUT2D eigenvalue weighted by molar-refractivity contribution is -0.142. The van der Waals surface area contributed by atoms with Gasteiger partial charge in [-0.3, -0.25) is 14.4 Å². The second kappa shape index (κ2) is 15.7. The Morgan fingerprint density at radius 3 is 2.15 bits per heavy atom. The van der Waals surface area contributed by atoms with Gasteiger partial charge in [0.25, 0.3) is 0 Å². The predicted molar refractivity (Wildman–Crippen MR) is 148 cm³/mol. The van der Waals surface area contributed by atoms with Crippen LogP contribution in [0.1, 0.15) is 37.9 Å². The van der Waals surface area contributed by atoms with Crippen molar-refractivity contribution in [2.45, 2.75) is 63.7 Å². The lowest BCUT2D eigenvalue weighted by atomic mass is 10.00. The Morgan fingerprint density at radius 1 is 0.974 bits per heavy atom. The van der Waals surface area contributed by atoms with E-state index in [0.29, 0.717) is 29.9 Å². The van der Waals surface area contributed by atoms with Gasteiger partial charge in [-0.1, -0.05) is 26.0 Å². The molecule has 2 aromatic rings. The summed E-state index contributed by atoms with van der Waals surface area (Å²) in [4.78, 5) is 57.9. The van der Waals surface area contributed by atoms with Gasteiger partial charge < -0.3 is 36.9 Å². The number of aromatic nitrogens is 2. The number of aromatic amines is 1. The molecule has 39 heavy (non-hydrogen) atoms. The standard InChI is InChI=1S/C26H38N6O6S/c1-15(2)10-20(30-23(34)19(27)8-9-39-3)24(35)31-21(11-16-4-6-18(33)7-5-16)25(36)32-22(26(37)38)12-17-13-28-14-29-17/h4-7,13-15,19-22,33H,8-12,27H2,1-3H3,(H,28,29)(H,30,34)(H,31,35)(H,32,36)(H,37,38). The third-order valence-electron chi connectivity index (χ3n) is 5.91. The second-order valence-electron chi connectivity index (χ2n) is 9.69. The van der Waals surface area contributed by atoms with Gasteiger partial charge in [-0.25, -0.2) is 9.78 Å². The van der Waals surface area contributed by atoms with Gasteiger partial charge in [0.2, 0.25) is 17.7 Å². The first kappa shape index (κ1) is 31.6. The number of aliphatic carboxylic acids is 1. The molecule has 1 aromatic carbocycles. The van der Waals surface area contributed by atoms with Crippen LogP contribution in [0.2, 0.25) is 0 Å². The molecule has 1 aromatic heterocycles. The Balaban J connectivity index is 2.24. The molecule has 0 saturated heterocycles. The van der Waals surface area contributed by atoms with Crippen molar-refractivity contribution in [1.82, 2.24) is 25.9 Å². The summed E-state index contributed by atoms with van der Waals surface area (Å²) in [6, 6.07) is 1.91. The van der Waals surface area contributed by atoms with Gasteiger partial charge >= 0.3 is 5.97 Å². The maximum absolute atomic E-state index is 13.4. The zero-order valence-electron chi connectivity index (χ0n) is 22.3. The zero-order chi connectivity index (χ0) is 28.9. The van der Waals surface area contributed by atoms with E-state index in [2.05, 4.69) is 25.9 Å². The number of nitrogens with one attached hydrogen (secondary N) is 4. The van der Waals surface area contributed by atoms with Crippen LogP contribution in [-0.4, -0.2) is 80.0 Å². The summed E-state index contributed by atoms with van der Waals surface area (Å²) < 4.78 is 0. The molecule has 0 spiro atoms. The fraction of sp³-hybridized carbons (Fsp3) is 0.500. The first-order chi connectivity index (χ1) is 18.5. The average Bonchev–Trinajstić information content (AvgIpc) is 3.40. The Bertz CT molecular complexity index is 1080. The number of carbonyl (C=O) groups excluding carboxylic acids is 3. The molecule has 8 N–H and O–H groups in total. The van der Waals surface area contributed by atoms with Crippen molar-refractivity contribution in [1.29, 1.82) is 0 Å². The van der Waals surface area contributed by atoms with E-state index < -0.39 is 47.9 Å². The summed E-state index contributed by atoms with van der Waals surface area (Å²) in [7, 11) is 0. The minimum Gasteiger partial charge on any atom is -0.508 e. The highest BCUT2D eigenvalue weighted by molar-refractivity contribution is 7.98. The van der Waals surface area contributed by atoms with Crippen LogP contribution in [0.5, 0.6) is 5.75 Å². The summed E-state index contributed by atoms with van der Waals surface area (Å²) in [6.07, 6.45) is 5.49. The number of phenols is 1. The number of carbonyl (C=O) groups is 4. The number of rotatable bonds is 16. The van der Waals surface area contributed by atoms with E-state index in [4.69, 9.17) is 5.73 Å². The molecule has 0 aliphatic heterocycles. The molecule has 0 radical (unpaired) electrons. The van der Waals surface area contributed by atoms with E-state index in [1.165, 1.54) is 24.7 Å². The van der Waals surface area contributed by atoms with E-state index in [9.17, 15) is 29.4 Å². The van der Waals surface area contributed by atoms with Crippen LogP contribution in [-0.2, 0) is 32.0 Å². The number of hydrogen-bond acceptors (Lipinski definition) is 8. The molecule has 214 valence electrons. The van der Waals surface area contributed by atoms with Crippen molar-refractivity contribution in [3.8, 4) is 5.75 Å². The molecule has 4 atom stereocenters. The summed E-state index contributed by atoms with van der Waals surface area (Å²) in [5.74, 6) is -2.26. The summed E-state index contributed by atoms with van der Waals surface area (Å²) in [5.41, 5.74) is 7.12. The first-order valence-corrected chi connectivity index (χ1v) is 14.0. The van der Waals surface area contributed by atoms with Crippen molar-refractivity contribution in [3.05, 3.63) is 48.0 Å². The molecule has 4 unspecified atom stereocenters. The largest absolute Gasteiger partial charge is 0.508 e. The van der Waals surface area contributed by atoms with Gasteiger partial charge in [-0.15, -0.1) is 0 Å². The molecule has 13 heteroatoms. The van der Waals surface area contributed by atoms with Gasteiger partial charge in [0, 0.05) is 24.7 Å². The maximum atomic E-state index is 13.4. The molecular weight excluding hydrogens is 524 g/mol. The van der Waals surface area contributed by atoms with Crippen LogP contribution in [0.25, 0.3) is 0 Å². The number of nitrogens with two attached hydrogens (primary N) is 1. The molecule has 0 saturated carbocycles. The molecule has 0 aliphatic carbocycles. The molecule has 3 amide bonds. The number of H-pyrrole nitrogens is 1. The monoisotopic (exact) mass is 562 g/mol. The Hall–Kier alpha value is -3.58. The molecule has 0 fully saturated rings. The highest BCUT2D eigenvalue weighted by Crippen LogP contribution is 2.13. The number of imidazole rings is 1. The minimum absolute atomic E-state index is 0.0177. The van der Waals surface area contributed by atoms with Crippen molar-refractivity contribution in [2.24, 2.45) is 11.7 Å². The van der Waals surface area contributed by atoms with E-state index in [1.54, 1.807) is 23.9 Å². The van der Waals surface area contributed by atoms with Gasteiger partial charge in [0.1, 0.15) is 23.9 Å². The van der Waals surface area contributed by atoms with Gasteiger partial charge in [-0.05, 0) is 48.5 Å². The van der Waals surface area contributed by atoms with Crippen LogP contribution in [0.15, 0.2) is 36.8 Å². The number of nitrogens with zero attached hydrogens (tertiary/aromatic N) is 1. The van der Waals surface area contributed by atoms with Crippen LogP contribution >= 0.6 is 11.8 Å². The van der Waals surface area contributed by atoms with E-state index >= 15 is 0 Å². The molecule has 0 aliphatic rings. The van der Waals surface area contributed by atoms with Gasteiger partial charge in [0.15, 0.2) is 0 Å². The number of benzene rings is 1. The molecule has 12 nitrogen and oxygen atoms in total. The number of phenolic OH excluding ortho intramolecular Hbond substituents is 1. The fourth-order valence-electron chi connectivity index (χ4n) is 3.80. The molecular formula is C26H38N6O6S. The smallest absolute Gasteiger partial charge is 0.326 e. The summed E-state index contributed by atoms with van der Waals surface area (Å²) >= 11 is 1.56. The topological polar surface area (TPSA) is 200 Å². The fourth-order valence-corrected chi connectivity index (χ4v) is 4.29. The third-order valence-corrected chi connectivity index (χ3v) is 6.56.